The molecule has 0 atom stereocenters. The number of rotatable bonds is 5. The van der Waals surface area contributed by atoms with Gasteiger partial charge < -0.3 is 10.6 Å². The van der Waals surface area contributed by atoms with E-state index in [1.54, 1.807) is 42.9 Å². The van der Waals surface area contributed by atoms with Crippen LogP contribution in [0.4, 0.5) is 5.82 Å². The number of hydrogen-bond donors (Lipinski definition) is 2. The van der Waals surface area contributed by atoms with Crippen molar-refractivity contribution in [2.24, 2.45) is 0 Å². The van der Waals surface area contributed by atoms with Crippen molar-refractivity contribution in [3.8, 4) is 6.07 Å². The lowest BCUT2D eigenvalue weighted by atomic mass is 10.1. The first-order valence-electron chi connectivity index (χ1n) is 6.08. The first kappa shape index (κ1) is 13.5. The van der Waals surface area contributed by atoms with Gasteiger partial charge in [-0.2, -0.15) is 5.26 Å². The highest BCUT2D eigenvalue weighted by molar-refractivity contribution is 5.94. The average molecular weight is 267 g/mol. The van der Waals surface area contributed by atoms with Gasteiger partial charge in [-0.1, -0.05) is 6.07 Å². The van der Waals surface area contributed by atoms with Crippen LogP contribution in [-0.2, 0) is 0 Å². The molecule has 20 heavy (non-hydrogen) atoms. The molecular formula is C14H13N5O. The zero-order chi connectivity index (χ0) is 14.2. The molecule has 1 heterocycles. The summed E-state index contributed by atoms with van der Waals surface area (Å²) < 4.78 is 0. The summed E-state index contributed by atoms with van der Waals surface area (Å²) in [5.41, 5.74) is 0.943. The predicted molar refractivity (Wildman–Crippen MR) is 74.0 cm³/mol. The average Bonchev–Trinajstić information content (AvgIpc) is 2.52. The molecular weight excluding hydrogens is 254 g/mol. The molecule has 2 aromatic rings. The molecule has 100 valence electrons. The van der Waals surface area contributed by atoms with E-state index in [2.05, 4.69) is 20.6 Å². The maximum absolute atomic E-state index is 11.8. The highest BCUT2D eigenvalue weighted by Crippen LogP contribution is 2.03. The lowest BCUT2D eigenvalue weighted by Gasteiger charge is -2.07. The maximum atomic E-state index is 11.8. The Morgan fingerprint density at radius 3 is 2.95 bits per heavy atom. The van der Waals surface area contributed by atoms with E-state index in [9.17, 15) is 4.79 Å². The van der Waals surface area contributed by atoms with E-state index in [-0.39, 0.29) is 5.91 Å². The van der Waals surface area contributed by atoms with Crippen LogP contribution in [0.1, 0.15) is 15.9 Å². The van der Waals surface area contributed by atoms with Crippen LogP contribution in [0.5, 0.6) is 0 Å². The topological polar surface area (TPSA) is 90.7 Å². The number of anilines is 1. The molecule has 0 radical (unpaired) electrons. The largest absolute Gasteiger partial charge is 0.367 e. The first-order valence-corrected chi connectivity index (χ1v) is 6.08. The van der Waals surface area contributed by atoms with E-state index in [0.29, 0.717) is 30.0 Å². The standard InChI is InChI=1S/C14H13N5O/c15-9-11-2-1-3-12(8-11)14(20)19-7-6-18-13-10-16-4-5-17-13/h1-5,8,10H,6-7H2,(H,17,18)(H,19,20). The van der Waals surface area contributed by atoms with Crippen molar-refractivity contribution in [2.75, 3.05) is 18.4 Å². The summed E-state index contributed by atoms with van der Waals surface area (Å²) in [6.45, 7) is 0.995. The number of amides is 1. The van der Waals surface area contributed by atoms with Crippen LogP contribution in [-0.4, -0.2) is 29.0 Å². The molecule has 0 spiro atoms. The highest BCUT2D eigenvalue weighted by Gasteiger charge is 2.05. The monoisotopic (exact) mass is 267 g/mol. The van der Waals surface area contributed by atoms with Crippen molar-refractivity contribution in [3.63, 3.8) is 0 Å². The van der Waals surface area contributed by atoms with Crippen LogP contribution in [0.2, 0.25) is 0 Å². The van der Waals surface area contributed by atoms with Crippen LogP contribution >= 0.6 is 0 Å². The molecule has 0 fully saturated rings. The molecule has 1 aromatic carbocycles. The molecule has 0 aliphatic carbocycles. The Hall–Kier alpha value is -2.94. The van der Waals surface area contributed by atoms with E-state index in [4.69, 9.17) is 5.26 Å². The van der Waals surface area contributed by atoms with Crippen molar-refractivity contribution in [2.45, 2.75) is 0 Å². The van der Waals surface area contributed by atoms with Crippen LogP contribution < -0.4 is 10.6 Å². The van der Waals surface area contributed by atoms with Gasteiger partial charge in [-0.15, -0.1) is 0 Å². The summed E-state index contributed by atoms with van der Waals surface area (Å²) in [6.07, 6.45) is 4.79. The first-order chi connectivity index (χ1) is 9.79. The molecule has 0 aliphatic rings. The number of benzene rings is 1. The van der Waals surface area contributed by atoms with Gasteiger partial charge in [-0.3, -0.25) is 9.78 Å². The number of nitriles is 1. The minimum absolute atomic E-state index is 0.206. The Morgan fingerprint density at radius 2 is 2.20 bits per heavy atom. The molecule has 2 rings (SSSR count). The second-order valence-electron chi connectivity index (χ2n) is 3.97. The summed E-state index contributed by atoms with van der Waals surface area (Å²) in [4.78, 5) is 19.8. The van der Waals surface area contributed by atoms with Gasteiger partial charge in [0, 0.05) is 31.0 Å². The van der Waals surface area contributed by atoms with Crippen LogP contribution in [0, 0.1) is 11.3 Å². The molecule has 1 aromatic heterocycles. The highest BCUT2D eigenvalue weighted by atomic mass is 16.1. The van der Waals surface area contributed by atoms with Crippen LogP contribution in [0.25, 0.3) is 0 Å². The van der Waals surface area contributed by atoms with Crippen molar-refractivity contribution < 1.29 is 4.79 Å². The Morgan fingerprint density at radius 1 is 1.30 bits per heavy atom. The normalized spacial score (nSPS) is 9.55. The summed E-state index contributed by atoms with van der Waals surface area (Å²) >= 11 is 0. The van der Waals surface area contributed by atoms with Crippen molar-refractivity contribution in [3.05, 3.63) is 54.0 Å². The number of aromatic nitrogens is 2. The fourth-order valence-corrected chi connectivity index (χ4v) is 1.59. The maximum Gasteiger partial charge on any atom is 0.251 e. The fraction of sp³-hybridized carbons (Fsp3) is 0.143. The van der Waals surface area contributed by atoms with Gasteiger partial charge in [0.2, 0.25) is 0 Å². The summed E-state index contributed by atoms with van der Waals surface area (Å²) in [7, 11) is 0. The molecule has 6 nitrogen and oxygen atoms in total. The minimum Gasteiger partial charge on any atom is -0.367 e. The van der Waals surface area contributed by atoms with Gasteiger partial charge in [0.25, 0.3) is 5.91 Å². The van der Waals surface area contributed by atoms with Gasteiger partial charge in [-0.25, -0.2) is 4.98 Å². The lowest BCUT2D eigenvalue weighted by molar-refractivity contribution is 0.0955. The Labute approximate surface area is 116 Å². The van der Waals surface area contributed by atoms with Gasteiger partial charge in [0.15, 0.2) is 0 Å². The van der Waals surface area contributed by atoms with E-state index < -0.39 is 0 Å². The number of nitrogens with one attached hydrogen (secondary N) is 2. The van der Waals surface area contributed by atoms with E-state index in [1.165, 1.54) is 0 Å². The van der Waals surface area contributed by atoms with Gasteiger partial charge in [0.1, 0.15) is 5.82 Å². The second-order valence-corrected chi connectivity index (χ2v) is 3.97. The van der Waals surface area contributed by atoms with Crippen LogP contribution in [0.15, 0.2) is 42.9 Å². The number of hydrogen-bond acceptors (Lipinski definition) is 5. The lowest BCUT2D eigenvalue weighted by Crippen LogP contribution is -2.28. The number of carbonyl (C=O) groups is 1. The fourth-order valence-electron chi connectivity index (χ4n) is 1.59. The van der Waals surface area contributed by atoms with E-state index >= 15 is 0 Å². The van der Waals surface area contributed by atoms with Crippen molar-refractivity contribution in [1.29, 1.82) is 5.26 Å². The molecule has 0 saturated heterocycles. The Balaban J connectivity index is 1.79. The third-order valence-electron chi connectivity index (χ3n) is 2.53. The zero-order valence-corrected chi connectivity index (χ0v) is 10.7. The Kier molecular flexibility index (Phi) is 4.62. The number of carbonyl (C=O) groups excluding carboxylic acids is 1. The number of nitrogens with zero attached hydrogens (tertiary/aromatic N) is 3. The minimum atomic E-state index is -0.206. The molecule has 0 aliphatic heterocycles. The van der Waals surface area contributed by atoms with Gasteiger partial charge in [-0.05, 0) is 18.2 Å². The molecule has 0 bridgehead atoms. The molecule has 0 saturated carbocycles. The second kappa shape index (κ2) is 6.85. The van der Waals surface area contributed by atoms with Gasteiger partial charge in [0.05, 0.1) is 17.8 Å². The third-order valence-corrected chi connectivity index (χ3v) is 2.53. The predicted octanol–water partition coefficient (Wildman–Crippen LogP) is 1.19. The summed E-state index contributed by atoms with van der Waals surface area (Å²) in [5, 5.41) is 14.6. The summed E-state index contributed by atoms with van der Waals surface area (Å²) in [6, 6.07) is 8.58. The Bertz CT molecular complexity index is 621. The van der Waals surface area contributed by atoms with E-state index in [1.807, 2.05) is 6.07 Å². The SMILES string of the molecule is N#Cc1cccc(C(=O)NCCNc2cnccn2)c1. The van der Waals surface area contributed by atoms with E-state index in [0.717, 1.165) is 0 Å². The third kappa shape index (κ3) is 3.78. The van der Waals surface area contributed by atoms with Crippen LogP contribution in [0.3, 0.4) is 0 Å². The molecule has 0 unspecified atom stereocenters. The van der Waals surface area contributed by atoms with Gasteiger partial charge >= 0.3 is 0 Å². The molecule has 2 N–H and O–H groups in total. The van der Waals surface area contributed by atoms with Crippen molar-refractivity contribution >= 4 is 11.7 Å². The summed E-state index contributed by atoms with van der Waals surface area (Å²) in [5.74, 6) is 0.455. The molecule has 6 heteroatoms. The molecule has 1 amide bonds. The quantitative estimate of drug-likeness (QED) is 0.794. The smallest absolute Gasteiger partial charge is 0.251 e. The zero-order valence-electron chi connectivity index (χ0n) is 10.7. The van der Waals surface area contributed by atoms with Crippen molar-refractivity contribution in [1.82, 2.24) is 15.3 Å².